The number of carbonyl (C=O) groups excluding carboxylic acids is 1. The van der Waals surface area contributed by atoms with Gasteiger partial charge >= 0.3 is 0 Å². The van der Waals surface area contributed by atoms with Crippen molar-refractivity contribution in [2.24, 2.45) is 5.16 Å². The second kappa shape index (κ2) is 7.51. The molecule has 1 aliphatic heterocycles. The lowest BCUT2D eigenvalue weighted by atomic mass is 10.1. The van der Waals surface area contributed by atoms with Gasteiger partial charge in [0.2, 0.25) is 0 Å². The molecule has 0 bridgehead atoms. The van der Waals surface area contributed by atoms with Crippen molar-refractivity contribution in [1.82, 2.24) is 15.1 Å². The molecule has 6 heteroatoms. The smallest absolute Gasteiger partial charge is 0.251 e. The van der Waals surface area contributed by atoms with Crippen LogP contribution in [0.25, 0.3) is 0 Å². The van der Waals surface area contributed by atoms with Gasteiger partial charge in [0, 0.05) is 17.7 Å². The highest BCUT2D eigenvalue weighted by Gasteiger charge is 2.20. The van der Waals surface area contributed by atoms with E-state index in [1.807, 2.05) is 42.8 Å². The molecule has 0 radical (unpaired) electrons. The third kappa shape index (κ3) is 4.26. The number of aromatic nitrogens is 2. The molecular formula is C19H24N4O2. The molecule has 0 saturated carbocycles. The Morgan fingerprint density at radius 1 is 1.32 bits per heavy atom. The lowest BCUT2D eigenvalue weighted by molar-refractivity contribution is 0.0753. The van der Waals surface area contributed by atoms with Gasteiger partial charge in [0.25, 0.3) is 5.91 Å². The normalized spacial score (nSPS) is 16.4. The molecule has 0 spiro atoms. The van der Waals surface area contributed by atoms with E-state index in [2.05, 4.69) is 28.6 Å². The standard InChI is InChI=1S/C19H24N4O2/c1-4-17-10-18(25-22-17)11-20-19(24)16-7-5-15(6-8-16)12-23-14(3)9-13(2)21-23/h5-9,18H,4,10-12H2,1-3H3,(H,20,24). The summed E-state index contributed by atoms with van der Waals surface area (Å²) < 4.78 is 1.97. The molecule has 1 atom stereocenters. The van der Waals surface area contributed by atoms with Crippen molar-refractivity contribution in [3.63, 3.8) is 0 Å². The molecular weight excluding hydrogens is 316 g/mol. The third-order valence-electron chi connectivity index (χ3n) is 4.34. The van der Waals surface area contributed by atoms with Gasteiger partial charge in [-0.1, -0.05) is 24.2 Å². The first-order valence-corrected chi connectivity index (χ1v) is 8.65. The van der Waals surface area contributed by atoms with Crippen LogP contribution in [-0.4, -0.2) is 34.0 Å². The van der Waals surface area contributed by atoms with Crippen LogP contribution < -0.4 is 5.32 Å². The summed E-state index contributed by atoms with van der Waals surface area (Å²) in [7, 11) is 0. The quantitative estimate of drug-likeness (QED) is 0.879. The average molecular weight is 340 g/mol. The minimum Gasteiger partial charge on any atom is -0.390 e. The van der Waals surface area contributed by atoms with E-state index in [0.29, 0.717) is 18.7 Å². The van der Waals surface area contributed by atoms with Gasteiger partial charge in [0.15, 0.2) is 0 Å². The molecule has 132 valence electrons. The zero-order valence-electron chi connectivity index (χ0n) is 15.0. The Bertz CT molecular complexity index is 777. The number of carbonyl (C=O) groups is 1. The van der Waals surface area contributed by atoms with Crippen LogP contribution in [0.3, 0.4) is 0 Å². The number of rotatable bonds is 6. The molecule has 0 fully saturated rings. The molecule has 1 aromatic heterocycles. The summed E-state index contributed by atoms with van der Waals surface area (Å²) in [4.78, 5) is 17.6. The predicted molar refractivity (Wildman–Crippen MR) is 96.8 cm³/mol. The van der Waals surface area contributed by atoms with Crippen LogP contribution in [0, 0.1) is 13.8 Å². The first kappa shape index (κ1) is 17.2. The Kier molecular flexibility index (Phi) is 5.16. The highest BCUT2D eigenvalue weighted by molar-refractivity contribution is 5.94. The van der Waals surface area contributed by atoms with Crippen LogP contribution in [0.15, 0.2) is 35.5 Å². The largest absolute Gasteiger partial charge is 0.390 e. The Balaban J connectivity index is 1.53. The minimum absolute atomic E-state index is 0.0517. The van der Waals surface area contributed by atoms with Crippen molar-refractivity contribution in [2.75, 3.05) is 6.54 Å². The average Bonchev–Trinajstić information content (AvgIpc) is 3.19. The van der Waals surface area contributed by atoms with E-state index in [9.17, 15) is 4.79 Å². The fourth-order valence-corrected chi connectivity index (χ4v) is 2.88. The number of aryl methyl sites for hydroxylation is 2. The molecule has 2 aromatic rings. The summed E-state index contributed by atoms with van der Waals surface area (Å²) in [6.07, 6.45) is 1.63. The first-order chi connectivity index (χ1) is 12.0. The zero-order valence-corrected chi connectivity index (χ0v) is 15.0. The molecule has 1 aromatic carbocycles. The Morgan fingerprint density at radius 2 is 2.08 bits per heavy atom. The highest BCUT2D eigenvalue weighted by atomic mass is 16.6. The zero-order chi connectivity index (χ0) is 17.8. The van der Waals surface area contributed by atoms with Crippen molar-refractivity contribution in [1.29, 1.82) is 0 Å². The van der Waals surface area contributed by atoms with Crippen molar-refractivity contribution in [3.8, 4) is 0 Å². The molecule has 3 rings (SSSR count). The molecule has 2 heterocycles. The number of hydrogen-bond acceptors (Lipinski definition) is 4. The predicted octanol–water partition coefficient (Wildman–Crippen LogP) is 2.83. The summed E-state index contributed by atoms with van der Waals surface area (Å²) >= 11 is 0. The number of nitrogens with one attached hydrogen (secondary N) is 1. The maximum atomic E-state index is 12.3. The van der Waals surface area contributed by atoms with Crippen molar-refractivity contribution >= 4 is 11.6 Å². The van der Waals surface area contributed by atoms with E-state index in [4.69, 9.17) is 4.84 Å². The van der Waals surface area contributed by atoms with Crippen LogP contribution in [0.5, 0.6) is 0 Å². The van der Waals surface area contributed by atoms with Crippen molar-refractivity contribution in [2.45, 2.75) is 46.3 Å². The van der Waals surface area contributed by atoms with Crippen LogP contribution in [0.4, 0.5) is 0 Å². The van der Waals surface area contributed by atoms with E-state index in [1.165, 1.54) is 0 Å². The van der Waals surface area contributed by atoms with Crippen molar-refractivity contribution in [3.05, 3.63) is 52.8 Å². The number of hydrogen-bond donors (Lipinski definition) is 1. The summed E-state index contributed by atoms with van der Waals surface area (Å²) in [5.41, 5.74) is 4.95. The SMILES string of the molecule is CCC1=NOC(CNC(=O)c2ccc(Cn3nc(C)cc3C)cc2)C1. The van der Waals surface area contributed by atoms with E-state index >= 15 is 0 Å². The van der Waals surface area contributed by atoms with E-state index in [0.717, 1.165) is 35.5 Å². The Labute approximate surface area is 147 Å². The van der Waals surface area contributed by atoms with Gasteiger partial charge < -0.3 is 10.2 Å². The van der Waals surface area contributed by atoms with Gasteiger partial charge in [0.1, 0.15) is 6.10 Å². The third-order valence-corrected chi connectivity index (χ3v) is 4.34. The van der Waals surface area contributed by atoms with E-state index < -0.39 is 0 Å². The fraction of sp³-hybridized carbons (Fsp3) is 0.421. The summed E-state index contributed by atoms with van der Waals surface area (Å²) in [6.45, 7) is 7.25. The molecule has 0 aliphatic carbocycles. The number of nitrogens with zero attached hydrogens (tertiary/aromatic N) is 3. The first-order valence-electron chi connectivity index (χ1n) is 8.65. The molecule has 1 unspecified atom stereocenters. The molecule has 1 N–H and O–H groups in total. The van der Waals surface area contributed by atoms with Gasteiger partial charge in [0.05, 0.1) is 24.5 Å². The van der Waals surface area contributed by atoms with Crippen molar-refractivity contribution < 1.29 is 9.63 Å². The molecule has 1 aliphatic rings. The Hall–Kier alpha value is -2.63. The summed E-state index contributed by atoms with van der Waals surface area (Å²) in [6, 6.07) is 9.69. The van der Waals surface area contributed by atoms with Gasteiger partial charge in [-0.05, 0) is 44.0 Å². The monoisotopic (exact) mass is 340 g/mol. The Morgan fingerprint density at radius 3 is 2.68 bits per heavy atom. The summed E-state index contributed by atoms with van der Waals surface area (Å²) in [5, 5.41) is 11.4. The van der Waals surface area contributed by atoms with Gasteiger partial charge in [-0.2, -0.15) is 5.10 Å². The number of oxime groups is 1. The van der Waals surface area contributed by atoms with Crippen LogP contribution in [-0.2, 0) is 11.4 Å². The van der Waals surface area contributed by atoms with Crippen LogP contribution in [0.2, 0.25) is 0 Å². The molecule has 25 heavy (non-hydrogen) atoms. The minimum atomic E-state index is -0.0915. The number of benzene rings is 1. The van der Waals surface area contributed by atoms with E-state index in [1.54, 1.807) is 0 Å². The molecule has 6 nitrogen and oxygen atoms in total. The maximum absolute atomic E-state index is 12.3. The lowest BCUT2D eigenvalue weighted by Gasteiger charge is -2.10. The van der Waals surface area contributed by atoms with Gasteiger partial charge in [-0.15, -0.1) is 0 Å². The van der Waals surface area contributed by atoms with Gasteiger partial charge in [-0.3, -0.25) is 9.48 Å². The fourth-order valence-electron chi connectivity index (χ4n) is 2.88. The topological polar surface area (TPSA) is 68.5 Å². The molecule has 1 amide bonds. The maximum Gasteiger partial charge on any atom is 0.251 e. The second-order valence-electron chi connectivity index (χ2n) is 6.43. The van der Waals surface area contributed by atoms with Gasteiger partial charge in [-0.25, -0.2) is 0 Å². The highest BCUT2D eigenvalue weighted by Crippen LogP contribution is 2.12. The van der Waals surface area contributed by atoms with E-state index in [-0.39, 0.29) is 12.0 Å². The summed E-state index contributed by atoms with van der Waals surface area (Å²) in [5.74, 6) is -0.0915. The number of amides is 1. The van der Waals surface area contributed by atoms with Crippen LogP contribution >= 0.6 is 0 Å². The second-order valence-corrected chi connectivity index (χ2v) is 6.43. The van der Waals surface area contributed by atoms with Crippen LogP contribution in [0.1, 0.15) is 47.1 Å². The lowest BCUT2D eigenvalue weighted by Crippen LogP contribution is -2.32. The molecule has 0 saturated heterocycles.